The smallest absolute Gasteiger partial charge is 0.0990 e. The number of nitrogens with zero attached hydrogens (tertiary/aromatic N) is 1. The summed E-state index contributed by atoms with van der Waals surface area (Å²) < 4.78 is 0.812. The molecule has 0 spiro atoms. The van der Waals surface area contributed by atoms with E-state index in [1.165, 1.54) is 4.88 Å². The van der Waals surface area contributed by atoms with Crippen molar-refractivity contribution in [1.29, 1.82) is 0 Å². The van der Waals surface area contributed by atoms with Crippen molar-refractivity contribution < 1.29 is 5.11 Å². The summed E-state index contributed by atoms with van der Waals surface area (Å²) in [5.74, 6) is 0.352. The van der Waals surface area contributed by atoms with E-state index in [-0.39, 0.29) is 5.41 Å². The van der Waals surface area contributed by atoms with Crippen LogP contribution in [0, 0.1) is 11.3 Å². The second-order valence-corrected chi connectivity index (χ2v) is 8.56. The molecule has 1 unspecified atom stereocenters. The fourth-order valence-corrected chi connectivity index (χ4v) is 5.51. The third-order valence-electron chi connectivity index (χ3n) is 5.13. The van der Waals surface area contributed by atoms with Gasteiger partial charge >= 0.3 is 0 Å². The van der Waals surface area contributed by atoms with E-state index in [9.17, 15) is 5.11 Å². The zero-order chi connectivity index (χ0) is 13.8. The van der Waals surface area contributed by atoms with Crippen LogP contribution in [0.3, 0.4) is 0 Å². The monoisotopic (exact) mass is 299 g/mol. The molecule has 0 bridgehead atoms. The summed E-state index contributed by atoms with van der Waals surface area (Å²) in [5, 5.41) is 11.5. The van der Waals surface area contributed by atoms with Gasteiger partial charge in [-0.2, -0.15) is 0 Å². The van der Waals surface area contributed by atoms with Crippen LogP contribution in [-0.4, -0.2) is 30.1 Å². The van der Waals surface area contributed by atoms with Crippen molar-refractivity contribution >= 4 is 22.9 Å². The van der Waals surface area contributed by atoms with Gasteiger partial charge in [-0.15, -0.1) is 11.3 Å². The molecule has 1 saturated heterocycles. The van der Waals surface area contributed by atoms with E-state index in [2.05, 4.69) is 25.8 Å². The Morgan fingerprint density at radius 2 is 2.00 bits per heavy atom. The lowest BCUT2D eigenvalue weighted by atomic mass is 9.65. The summed E-state index contributed by atoms with van der Waals surface area (Å²) in [6.07, 6.45) is 3.09. The number of thiophene rings is 1. The van der Waals surface area contributed by atoms with E-state index >= 15 is 0 Å². The molecule has 0 saturated carbocycles. The number of rotatable bonds is 1. The zero-order valence-corrected chi connectivity index (χ0v) is 13.4. The Morgan fingerprint density at radius 1 is 1.37 bits per heavy atom. The number of hydrogen-bond donors (Lipinski definition) is 1. The maximum atomic E-state index is 11.5. The van der Waals surface area contributed by atoms with Crippen LogP contribution in [-0.2, 0) is 12.0 Å². The minimum absolute atomic E-state index is 0.0840. The molecule has 19 heavy (non-hydrogen) atoms. The van der Waals surface area contributed by atoms with E-state index in [1.807, 2.05) is 6.07 Å². The molecule has 106 valence electrons. The first-order valence-electron chi connectivity index (χ1n) is 7.04. The van der Waals surface area contributed by atoms with Gasteiger partial charge in [-0.1, -0.05) is 25.4 Å². The normalized spacial score (nSPS) is 31.6. The van der Waals surface area contributed by atoms with Gasteiger partial charge in [0.2, 0.25) is 0 Å². The molecule has 2 nitrogen and oxygen atoms in total. The molecule has 1 aliphatic carbocycles. The summed E-state index contributed by atoms with van der Waals surface area (Å²) in [7, 11) is 2.16. The number of likely N-dealkylation sites (tertiary alicyclic amines) is 1. The highest BCUT2D eigenvalue weighted by Crippen LogP contribution is 2.58. The fourth-order valence-electron chi connectivity index (χ4n) is 3.95. The molecule has 2 aliphatic rings. The first-order chi connectivity index (χ1) is 8.84. The number of hydrogen-bond acceptors (Lipinski definition) is 3. The van der Waals surface area contributed by atoms with E-state index in [1.54, 1.807) is 11.3 Å². The van der Waals surface area contributed by atoms with Crippen LogP contribution in [0.5, 0.6) is 0 Å². The van der Waals surface area contributed by atoms with Crippen LogP contribution in [0.4, 0.5) is 0 Å². The molecule has 1 aromatic heterocycles. The third-order valence-corrected chi connectivity index (χ3v) is 6.40. The van der Waals surface area contributed by atoms with Gasteiger partial charge in [0.25, 0.3) is 0 Å². The van der Waals surface area contributed by atoms with Gasteiger partial charge in [0.1, 0.15) is 0 Å². The molecule has 1 aliphatic heterocycles. The molecular formula is C15H22ClNOS. The van der Waals surface area contributed by atoms with Gasteiger partial charge < -0.3 is 10.0 Å². The van der Waals surface area contributed by atoms with Crippen LogP contribution < -0.4 is 0 Å². The molecule has 1 N–H and O–H groups in total. The molecule has 2 heterocycles. The summed E-state index contributed by atoms with van der Waals surface area (Å²) in [4.78, 5) is 3.64. The predicted molar refractivity (Wildman–Crippen MR) is 80.9 cm³/mol. The van der Waals surface area contributed by atoms with Gasteiger partial charge in [0, 0.05) is 10.3 Å². The minimum atomic E-state index is -0.701. The molecule has 0 radical (unpaired) electrons. The summed E-state index contributed by atoms with van der Waals surface area (Å²) in [5.41, 5.74) is 0.328. The number of piperidine rings is 1. The molecule has 0 aromatic carbocycles. The fraction of sp³-hybridized carbons (Fsp3) is 0.733. The van der Waals surface area contributed by atoms with Crippen molar-refractivity contribution in [2.75, 3.05) is 20.1 Å². The topological polar surface area (TPSA) is 23.5 Å². The van der Waals surface area contributed by atoms with Crippen molar-refractivity contribution in [2.45, 2.75) is 38.7 Å². The van der Waals surface area contributed by atoms with Gasteiger partial charge in [0.05, 0.1) is 9.94 Å². The predicted octanol–water partition coefficient (Wildman–Crippen LogP) is 3.51. The van der Waals surface area contributed by atoms with Gasteiger partial charge in [-0.3, -0.25) is 0 Å². The lowest BCUT2D eigenvalue weighted by Crippen LogP contribution is -2.49. The maximum absolute atomic E-state index is 11.5. The molecule has 0 amide bonds. The van der Waals surface area contributed by atoms with E-state index < -0.39 is 5.60 Å². The van der Waals surface area contributed by atoms with Crippen LogP contribution in [0.1, 0.15) is 37.1 Å². The van der Waals surface area contributed by atoms with E-state index in [0.29, 0.717) is 5.92 Å². The highest BCUT2D eigenvalue weighted by atomic mass is 35.5. The Bertz CT molecular complexity index is 490. The molecule has 1 atom stereocenters. The lowest BCUT2D eigenvalue weighted by molar-refractivity contribution is -0.121. The van der Waals surface area contributed by atoms with E-state index in [0.717, 1.165) is 42.3 Å². The Balaban J connectivity index is 1.99. The zero-order valence-electron chi connectivity index (χ0n) is 11.9. The van der Waals surface area contributed by atoms with Crippen molar-refractivity contribution in [3.63, 3.8) is 0 Å². The van der Waals surface area contributed by atoms with Crippen molar-refractivity contribution in [1.82, 2.24) is 4.90 Å². The summed E-state index contributed by atoms with van der Waals surface area (Å²) >= 11 is 7.80. The molecule has 1 fully saturated rings. The maximum Gasteiger partial charge on any atom is 0.0990 e. The van der Waals surface area contributed by atoms with Crippen LogP contribution in [0.25, 0.3) is 0 Å². The number of aliphatic hydroxyl groups is 1. The SMILES string of the molecule is CN1CCC(C2(O)c3cc(Cl)sc3CC2(C)C)CC1. The van der Waals surface area contributed by atoms with E-state index in [4.69, 9.17) is 11.6 Å². The highest BCUT2D eigenvalue weighted by molar-refractivity contribution is 7.16. The number of fused-ring (bicyclic) bond motifs is 1. The standard InChI is InChI=1S/C15H22ClNOS/c1-14(2)9-12-11(8-13(16)19-12)15(14,18)10-4-6-17(3)7-5-10/h8,10,18H,4-7,9H2,1-3H3. The largest absolute Gasteiger partial charge is 0.384 e. The summed E-state index contributed by atoms with van der Waals surface area (Å²) in [6.45, 7) is 6.56. The molecule has 3 rings (SSSR count). The molecular weight excluding hydrogens is 278 g/mol. The minimum Gasteiger partial charge on any atom is -0.384 e. The van der Waals surface area contributed by atoms with Gasteiger partial charge in [-0.25, -0.2) is 0 Å². The second-order valence-electron chi connectivity index (χ2n) is 6.79. The summed E-state index contributed by atoms with van der Waals surface area (Å²) in [6, 6.07) is 2.01. The van der Waals surface area contributed by atoms with Crippen molar-refractivity contribution in [2.24, 2.45) is 11.3 Å². The Hall–Kier alpha value is -0.0900. The second kappa shape index (κ2) is 4.45. The quantitative estimate of drug-likeness (QED) is 0.858. The lowest BCUT2D eigenvalue weighted by Gasteiger charge is -2.46. The average molecular weight is 300 g/mol. The van der Waals surface area contributed by atoms with Crippen molar-refractivity contribution in [3.05, 3.63) is 20.8 Å². The van der Waals surface area contributed by atoms with Crippen LogP contribution >= 0.6 is 22.9 Å². The first kappa shape index (κ1) is 13.9. The Morgan fingerprint density at radius 3 is 2.63 bits per heavy atom. The molecule has 1 aromatic rings. The van der Waals surface area contributed by atoms with Gasteiger partial charge in [0.15, 0.2) is 0 Å². The van der Waals surface area contributed by atoms with Crippen LogP contribution in [0.2, 0.25) is 4.34 Å². The number of halogens is 1. The average Bonchev–Trinajstić information content (AvgIpc) is 2.76. The highest BCUT2D eigenvalue weighted by Gasteiger charge is 2.56. The Kier molecular flexibility index (Phi) is 3.25. The molecule has 4 heteroatoms. The van der Waals surface area contributed by atoms with Crippen molar-refractivity contribution in [3.8, 4) is 0 Å². The van der Waals surface area contributed by atoms with Crippen LogP contribution in [0.15, 0.2) is 6.07 Å². The Labute approximate surface area is 124 Å². The first-order valence-corrected chi connectivity index (χ1v) is 8.23. The third kappa shape index (κ3) is 1.98. The van der Waals surface area contributed by atoms with Gasteiger partial charge in [-0.05, 0) is 56.9 Å².